The summed E-state index contributed by atoms with van der Waals surface area (Å²) in [5.41, 5.74) is -1.45. The first-order valence-corrected chi connectivity index (χ1v) is 6.12. The Morgan fingerprint density at radius 1 is 0.652 bits per heavy atom. The Balaban J connectivity index is 2.73. The van der Waals surface area contributed by atoms with Gasteiger partial charge in [0.15, 0.2) is 0 Å². The molecule has 0 fully saturated rings. The smallest absolute Gasteiger partial charge is 0.339 e. The maximum atomic E-state index is 11.1. The van der Waals surface area contributed by atoms with Crippen molar-refractivity contribution >= 4 is 17.9 Å². The van der Waals surface area contributed by atoms with E-state index in [0.717, 1.165) is 24.3 Å². The fraction of sp³-hybridized carbons (Fsp3) is 0. The third kappa shape index (κ3) is 2.91. The lowest BCUT2D eigenvalue weighted by Crippen LogP contribution is -2.05. The zero-order valence-corrected chi connectivity index (χ0v) is 11.3. The standard InChI is InChI=1S/C15H10O8/c16-11-2-1-6(3-8(11)13(18)19)7-4-9(14(20)21)12(17)10(5-7)15(22)23/h1-5,16-17H,(H,18,19)(H,20,21)(H,22,23). The molecule has 0 aliphatic heterocycles. The van der Waals surface area contributed by atoms with Gasteiger partial charge in [0, 0.05) is 0 Å². The van der Waals surface area contributed by atoms with Gasteiger partial charge in [-0.1, -0.05) is 6.07 Å². The molecule has 0 aliphatic carbocycles. The second-order valence-electron chi connectivity index (χ2n) is 4.57. The number of carboxylic acids is 3. The highest BCUT2D eigenvalue weighted by Crippen LogP contribution is 2.32. The maximum Gasteiger partial charge on any atom is 0.339 e. The highest BCUT2D eigenvalue weighted by Gasteiger charge is 2.21. The molecule has 8 heteroatoms. The predicted molar refractivity (Wildman–Crippen MR) is 76.1 cm³/mol. The molecule has 0 spiro atoms. The Labute approximate surface area is 128 Å². The summed E-state index contributed by atoms with van der Waals surface area (Å²) in [4.78, 5) is 33.3. The van der Waals surface area contributed by atoms with Crippen LogP contribution in [0.4, 0.5) is 0 Å². The van der Waals surface area contributed by atoms with Gasteiger partial charge in [0.05, 0.1) is 0 Å². The molecule has 2 aromatic rings. The lowest BCUT2D eigenvalue weighted by Gasteiger charge is -2.10. The Bertz CT molecular complexity index is 802. The van der Waals surface area contributed by atoms with E-state index in [0.29, 0.717) is 0 Å². The molecule has 2 aromatic carbocycles. The van der Waals surface area contributed by atoms with Crippen LogP contribution >= 0.6 is 0 Å². The number of benzene rings is 2. The van der Waals surface area contributed by atoms with Gasteiger partial charge in [-0.2, -0.15) is 0 Å². The summed E-state index contributed by atoms with van der Waals surface area (Å²) in [5, 5.41) is 46.2. The summed E-state index contributed by atoms with van der Waals surface area (Å²) in [6, 6.07) is 5.49. The van der Waals surface area contributed by atoms with Gasteiger partial charge in [0.1, 0.15) is 28.2 Å². The van der Waals surface area contributed by atoms with Crippen LogP contribution in [0.2, 0.25) is 0 Å². The number of carbonyl (C=O) groups is 3. The van der Waals surface area contributed by atoms with Crippen LogP contribution in [0.25, 0.3) is 11.1 Å². The summed E-state index contributed by atoms with van der Waals surface area (Å²) in [7, 11) is 0. The second-order valence-corrected chi connectivity index (χ2v) is 4.57. The Morgan fingerprint density at radius 3 is 1.52 bits per heavy atom. The van der Waals surface area contributed by atoms with Gasteiger partial charge in [-0.3, -0.25) is 0 Å². The van der Waals surface area contributed by atoms with E-state index in [1.54, 1.807) is 0 Å². The molecule has 0 amide bonds. The molecule has 2 rings (SSSR count). The quantitative estimate of drug-likeness (QED) is 0.572. The molecule has 0 aliphatic rings. The van der Waals surface area contributed by atoms with Gasteiger partial charge in [-0.05, 0) is 35.4 Å². The van der Waals surface area contributed by atoms with E-state index in [-0.39, 0.29) is 11.1 Å². The van der Waals surface area contributed by atoms with Crippen molar-refractivity contribution in [2.24, 2.45) is 0 Å². The van der Waals surface area contributed by atoms with Crippen LogP contribution in [0.3, 0.4) is 0 Å². The van der Waals surface area contributed by atoms with Crippen molar-refractivity contribution in [3.8, 4) is 22.6 Å². The fourth-order valence-corrected chi connectivity index (χ4v) is 2.01. The predicted octanol–water partition coefficient (Wildman–Crippen LogP) is 1.86. The molecule has 8 nitrogen and oxygen atoms in total. The monoisotopic (exact) mass is 318 g/mol. The van der Waals surface area contributed by atoms with E-state index in [9.17, 15) is 24.6 Å². The Hall–Kier alpha value is -3.55. The summed E-state index contributed by atoms with van der Waals surface area (Å²) < 4.78 is 0. The third-order valence-electron chi connectivity index (χ3n) is 3.13. The minimum absolute atomic E-state index is 0.0695. The topological polar surface area (TPSA) is 152 Å². The highest BCUT2D eigenvalue weighted by atomic mass is 16.4. The Kier molecular flexibility index (Phi) is 3.91. The summed E-state index contributed by atoms with van der Waals surface area (Å²) in [6.07, 6.45) is 0. The van der Waals surface area contributed by atoms with Crippen molar-refractivity contribution in [1.82, 2.24) is 0 Å². The van der Waals surface area contributed by atoms with Crippen molar-refractivity contribution in [3.05, 3.63) is 47.0 Å². The van der Waals surface area contributed by atoms with Gasteiger partial charge < -0.3 is 25.5 Å². The molecule has 0 saturated carbocycles. The number of phenols is 2. The molecule has 0 aromatic heterocycles. The van der Waals surface area contributed by atoms with Gasteiger partial charge in [0.25, 0.3) is 0 Å². The van der Waals surface area contributed by atoms with Gasteiger partial charge in [0.2, 0.25) is 0 Å². The number of aromatic carboxylic acids is 3. The van der Waals surface area contributed by atoms with Gasteiger partial charge in [-0.25, -0.2) is 14.4 Å². The van der Waals surface area contributed by atoms with Crippen molar-refractivity contribution < 1.29 is 39.9 Å². The van der Waals surface area contributed by atoms with E-state index in [1.807, 2.05) is 0 Å². The lowest BCUT2D eigenvalue weighted by molar-refractivity contribution is 0.0676. The van der Waals surface area contributed by atoms with E-state index in [4.69, 9.17) is 15.3 Å². The minimum atomic E-state index is -1.54. The number of aromatic hydroxyl groups is 2. The lowest BCUT2D eigenvalue weighted by atomic mass is 9.97. The van der Waals surface area contributed by atoms with Crippen LogP contribution in [0.5, 0.6) is 11.5 Å². The first-order chi connectivity index (χ1) is 10.7. The second kappa shape index (κ2) is 5.68. The van der Waals surface area contributed by atoms with Gasteiger partial charge >= 0.3 is 17.9 Å². The first kappa shape index (κ1) is 15.8. The third-order valence-corrected chi connectivity index (χ3v) is 3.13. The van der Waals surface area contributed by atoms with Crippen molar-refractivity contribution in [2.75, 3.05) is 0 Å². The van der Waals surface area contributed by atoms with Crippen LogP contribution in [0.15, 0.2) is 30.3 Å². The van der Waals surface area contributed by atoms with E-state index in [1.165, 1.54) is 6.07 Å². The average Bonchev–Trinajstić information content (AvgIpc) is 2.47. The largest absolute Gasteiger partial charge is 0.507 e. The summed E-state index contributed by atoms with van der Waals surface area (Å²) in [6.45, 7) is 0. The molecule has 0 saturated heterocycles. The van der Waals surface area contributed by atoms with Crippen molar-refractivity contribution in [1.29, 1.82) is 0 Å². The number of carboxylic acid groups (broad SMARTS) is 3. The molecule has 0 atom stereocenters. The molecule has 5 N–H and O–H groups in total. The van der Waals surface area contributed by atoms with E-state index >= 15 is 0 Å². The maximum absolute atomic E-state index is 11.1. The zero-order chi connectivity index (χ0) is 17.3. The molecule has 0 heterocycles. The van der Waals surface area contributed by atoms with Crippen LogP contribution in [-0.4, -0.2) is 43.4 Å². The number of hydrogen-bond donors (Lipinski definition) is 5. The van der Waals surface area contributed by atoms with E-state index < -0.39 is 46.1 Å². The molecular formula is C15H10O8. The van der Waals surface area contributed by atoms with Crippen LogP contribution in [0, 0.1) is 0 Å². The zero-order valence-electron chi connectivity index (χ0n) is 11.3. The summed E-state index contributed by atoms with van der Waals surface area (Å²) in [5.74, 6) is -5.86. The SMILES string of the molecule is O=C(O)c1cc(-c2cc(C(=O)O)c(O)c(C(=O)O)c2)ccc1O. The van der Waals surface area contributed by atoms with Gasteiger partial charge in [-0.15, -0.1) is 0 Å². The molecule has 0 bridgehead atoms. The molecule has 0 radical (unpaired) electrons. The van der Waals surface area contributed by atoms with Crippen molar-refractivity contribution in [2.45, 2.75) is 0 Å². The fourth-order valence-electron chi connectivity index (χ4n) is 2.01. The number of rotatable bonds is 4. The summed E-state index contributed by atoms with van der Waals surface area (Å²) >= 11 is 0. The average molecular weight is 318 g/mol. The Morgan fingerprint density at radius 2 is 1.09 bits per heavy atom. The van der Waals surface area contributed by atoms with E-state index in [2.05, 4.69) is 0 Å². The molecule has 118 valence electrons. The van der Waals surface area contributed by atoms with Crippen molar-refractivity contribution in [3.63, 3.8) is 0 Å². The highest BCUT2D eigenvalue weighted by molar-refractivity contribution is 6.01. The molecular weight excluding hydrogens is 308 g/mol. The van der Waals surface area contributed by atoms with Crippen LogP contribution < -0.4 is 0 Å². The van der Waals surface area contributed by atoms with Crippen LogP contribution in [0.1, 0.15) is 31.1 Å². The first-order valence-electron chi connectivity index (χ1n) is 6.12. The minimum Gasteiger partial charge on any atom is -0.507 e. The van der Waals surface area contributed by atoms with Crippen LogP contribution in [-0.2, 0) is 0 Å². The molecule has 23 heavy (non-hydrogen) atoms. The normalized spacial score (nSPS) is 10.3. The molecule has 0 unspecified atom stereocenters. The number of hydrogen-bond acceptors (Lipinski definition) is 5.